The summed E-state index contributed by atoms with van der Waals surface area (Å²) in [7, 11) is -3.45. The minimum atomic E-state index is -3.45. The molecule has 1 aromatic rings. The number of sulfonamides is 1. The SMILES string of the molecule is CCN(CC(C)C)S(=O)(=O)c1ccc(Br)c(N)c1. The number of nitrogens with zero attached hydrogens (tertiary/aromatic N) is 1. The molecule has 0 spiro atoms. The van der Waals surface area contributed by atoms with Crippen LogP contribution in [0.3, 0.4) is 0 Å². The van der Waals surface area contributed by atoms with Crippen LogP contribution in [0.4, 0.5) is 5.69 Å². The summed E-state index contributed by atoms with van der Waals surface area (Å²) in [4.78, 5) is 0.241. The third kappa shape index (κ3) is 3.46. The molecule has 0 aliphatic carbocycles. The van der Waals surface area contributed by atoms with E-state index >= 15 is 0 Å². The normalized spacial score (nSPS) is 12.3. The Morgan fingerprint density at radius 1 is 1.39 bits per heavy atom. The van der Waals surface area contributed by atoms with Gasteiger partial charge < -0.3 is 5.73 Å². The van der Waals surface area contributed by atoms with Crippen molar-refractivity contribution in [1.82, 2.24) is 4.31 Å². The first-order chi connectivity index (χ1) is 8.28. The zero-order valence-electron chi connectivity index (χ0n) is 10.9. The van der Waals surface area contributed by atoms with E-state index in [0.717, 1.165) is 0 Å². The summed E-state index contributed by atoms with van der Waals surface area (Å²) in [6.07, 6.45) is 0. The molecule has 0 unspecified atom stereocenters. The van der Waals surface area contributed by atoms with E-state index in [4.69, 9.17) is 5.73 Å². The van der Waals surface area contributed by atoms with E-state index in [9.17, 15) is 8.42 Å². The van der Waals surface area contributed by atoms with Gasteiger partial charge in [-0.15, -0.1) is 0 Å². The minimum absolute atomic E-state index is 0.241. The number of hydrogen-bond acceptors (Lipinski definition) is 3. The second-order valence-corrected chi connectivity index (χ2v) is 7.33. The van der Waals surface area contributed by atoms with Crippen LogP contribution >= 0.6 is 15.9 Å². The number of nitrogen functional groups attached to an aromatic ring is 1. The van der Waals surface area contributed by atoms with E-state index in [-0.39, 0.29) is 10.8 Å². The summed E-state index contributed by atoms with van der Waals surface area (Å²) < 4.78 is 27.0. The Balaban J connectivity index is 3.14. The summed E-state index contributed by atoms with van der Waals surface area (Å²) in [5.74, 6) is 0.285. The Morgan fingerprint density at radius 3 is 2.44 bits per heavy atom. The second-order valence-electron chi connectivity index (χ2n) is 4.53. The van der Waals surface area contributed by atoms with Gasteiger partial charge in [0.15, 0.2) is 0 Å². The first kappa shape index (κ1) is 15.5. The van der Waals surface area contributed by atoms with Crippen molar-refractivity contribution in [2.75, 3.05) is 18.8 Å². The van der Waals surface area contributed by atoms with E-state index in [1.807, 2.05) is 20.8 Å². The van der Waals surface area contributed by atoms with Crippen LogP contribution in [0.15, 0.2) is 27.6 Å². The highest BCUT2D eigenvalue weighted by Gasteiger charge is 2.24. The molecule has 1 aromatic carbocycles. The highest BCUT2D eigenvalue weighted by atomic mass is 79.9. The molecule has 18 heavy (non-hydrogen) atoms. The van der Waals surface area contributed by atoms with Crippen LogP contribution in [0.25, 0.3) is 0 Å². The predicted molar refractivity (Wildman–Crippen MR) is 77.8 cm³/mol. The third-order valence-corrected chi connectivity index (χ3v) is 5.19. The molecule has 2 N–H and O–H groups in total. The monoisotopic (exact) mass is 334 g/mol. The van der Waals surface area contributed by atoms with Gasteiger partial charge >= 0.3 is 0 Å². The van der Waals surface area contributed by atoms with Crippen molar-refractivity contribution in [2.24, 2.45) is 5.92 Å². The van der Waals surface area contributed by atoms with Gasteiger partial charge in [-0.2, -0.15) is 4.31 Å². The lowest BCUT2D eigenvalue weighted by molar-refractivity contribution is 0.381. The zero-order valence-corrected chi connectivity index (χ0v) is 13.3. The average molecular weight is 335 g/mol. The van der Waals surface area contributed by atoms with Crippen LogP contribution in [-0.4, -0.2) is 25.8 Å². The molecule has 0 bridgehead atoms. The average Bonchev–Trinajstić information content (AvgIpc) is 2.28. The lowest BCUT2D eigenvalue weighted by Crippen LogP contribution is -2.34. The molecule has 0 atom stereocenters. The van der Waals surface area contributed by atoms with Gasteiger partial charge in [0.05, 0.1) is 4.90 Å². The number of rotatable bonds is 5. The number of benzene rings is 1. The van der Waals surface area contributed by atoms with Gasteiger partial charge in [-0.25, -0.2) is 8.42 Å². The first-order valence-electron chi connectivity index (χ1n) is 5.84. The molecule has 0 aromatic heterocycles. The van der Waals surface area contributed by atoms with E-state index in [1.54, 1.807) is 12.1 Å². The van der Waals surface area contributed by atoms with Crippen LogP contribution in [0.2, 0.25) is 0 Å². The molecular weight excluding hydrogens is 316 g/mol. The second kappa shape index (κ2) is 6.04. The molecule has 1 rings (SSSR count). The Labute approximate surface area is 117 Å². The van der Waals surface area contributed by atoms with E-state index in [1.165, 1.54) is 10.4 Å². The lowest BCUT2D eigenvalue weighted by atomic mass is 10.2. The molecular formula is C12H19BrN2O2S. The van der Waals surface area contributed by atoms with Gasteiger partial charge in [-0.05, 0) is 40.0 Å². The Bertz CT molecular complexity index is 515. The number of nitrogens with two attached hydrogens (primary N) is 1. The maximum absolute atomic E-state index is 12.4. The zero-order chi connectivity index (χ0) is 13.9. The van der Waals surface area contributed by atoms with Crippen molar-refractivity contribution in [3.05, 3.63) is 22.7 Å². The lowest BCUT2D eigenvalue weighted by Gasteiger charge is -2.22. The topological polar surface area (TPSA) is 63.4 Å². The Morgan fingerprint density at radius 2 is 2.00 bits per heavy atom. The molecule has 0 saturated heterocycles. The highest BCUT2D eigenvalue weighted by Crippen LogP contribution is 2.25. The van der Waals surface area contributed by atoms with Gasteiger partial charge in [-0.3, -0.25) is 0 Å². The van der Waals surface area contributed by atoms with Crippen molar-refractivity contribution in [1.29, 1.82) is 0 Å². The summed E-state index contributed by atoms with van der Waals surface area (Å²) in [6.45, 7) is 6.79. The van der Waals surface area contributed by atoms with Gasteiger partial charge in [-0.1, -0.05) is 20.8 Å². The van der Waals surface area contributed by atoms with Crippen LogP contribution in [0.1, 0.15) is 20.8 Å². The maximum Gasteiger partial charge on any atom is 0.243 e. The third-order valence-electron chi connectivity index (χ3n) is 2.53. The predicted octanol–water partition coefficient (Wildman–Crippen LogP) is 2.70. The highest BCUT2D eigenvalue weighted by molar-refractivity contribution is 9.10. The van der Waals surface area contributed by atoms with Gasteiger partial charge in [0.25, 0.3) is 0 Å². The van der Waals surface area contributed by atoms with Crippen molar-refractivity contribution in [3.63, 3.8) is 0 Å². The molecule has 0 aliphatic heterocycles. The summed E-state index contributed by atoms with van der Waals surface area (Å²) in [5.41, 5.74) is 6.16. The molecule has 0 heterocycles. The summed E-state index contributed by atoms with van der Waals surface area (Å²) in [6, 6.07) is 4.71. The fourth-order valence-electron chi connectivity index (χ4n) is 1.64. The van der Waals surface area contributed by atoms with E-state index in [2.05, 4.69) is 15.9 Å². The molecule has 0 radical (unpaired) electrons. The first-order valence-corrected chi connectivity index (χ1v) is 8.07. The van der Waals surface area contributed by atoms with Crippen molar-refractivity contribution < 1.29 is 8.42 Å². The van der Waals surface area contributed by atoms with Crippen molar-refractivity contribution in [2.45, 2.75) is 25.7 Å². The number of anilines is 1. The largest absolute Gasteiger partial charge is 0.398 e. The number of hydrogen-bond donors (Lipinski definition) is 1. The molecule has 4 nitrogen and oxygen atoms in total. The van der Waals surface area contributed by atoms with Gasteiger partial charge in [0.2, 0.25) is 10.0 Å². The van der Waals surface area contributed by atoms with Crippen LogP contribution in [0, 0.1) is 5.92 Å². The van der Waals surface area contributed by atoms with Crippen LogP contribution in [0.5, 0.6) is 0 Å². The quantitative estimate of drug-likeness (QED) is 0.842. The van der Waals surface area contributed by atoms with Gasteiger partial charge in [0, 0.05) is 23.2 Å². The molecule has 6 heteroatoms. The minimum Gasteiger partial charge on any atom is -0.398 e. The molecule has 0 fully saturated rings. The molecule has 0 amide bonds. The fraction of sp³-hybridized carbons (Fsp3) is 0.500. The van der Waals surface area contributed by atoms with E-state index in [0.29, 0.717) is 23.2 Å². The molecule has 102 valence electrons. The molecule has 0 aliphatic rings. The van der Waals surface area contributed by atoms with E-state index < -0.39 is 10.0 Å². The Kier molecular flexibility index (Phi) is 5.19. The smallest absolute Gasteiger partial charge is 0.243 e. The Hall–Kier alpha value is -0.590. The van der Waals surface area contributed by atoms with Crippen molar-refractivity contribution >= 4 is 31.6 Å². The van der Waals surface area contributed by atoms with Crippen LogP contribution < -0.4 is 5.73 Å². The molecule has 0 saturated carbocycles. The standard InChI is InChI=1S/C12H19BrN2O2S/c1-4-15(8-9(2)3)18(16,17)10-5-6-11(13)12(14)7-10/h5-7,9H,4,8,14H2,1-3H3. The summed E-state index contributed by atoms with van der Waals surface area (Å²) in [5, 5.41) is 0. The van der Waals surface area contributed by atoms with Crippen LogP contribution in [-0.2, 0) is 10.0 Å². The summed E-state index contributed by atoms with van der Waals surface area (Å²) >= 11 is 3.26. The fourth-order valence-corrected chi connectivity index (χ4v) is 3.53. The van der Waals surface area contributed by atoms with Gasteiger partial charge in [0.1, 0.15) is 0 Å². The maximum atomic E-state index is 12.4. The number of halogens is 1. The van der Waals surface area contributed by atoms with Crippen molar-refractivity contribution in [3.8, 4) is 0 Å².